The van der Waals surface area contributed by atoms with Crippen molar-refractivity contribution in [3.8, 4) is 0 Å². The number of carbonyl (C=O) groups excluding carboxylic acids is 1. The summed E-state index contributed by atoms with van der Waals surface area (Å²) in [6.45, 7) is 1.00. The average Bonchev–Trinajstić information content (AvgIpc) is 3.14. The van der Waals surface area contributed by atoms with Crippen LogP contribution in [0.15, 0.2) is 41.3 Å². The lowest BCUT2D eigenvalue weighted by molar-refractivity contribution is -0.141. The van der Waals surface area contributed by atoms with E-state index in [1.54, 1.807) is 23.1 Å². The Balaban J connectivity index is 1.52. The molecule has 1 N–H and O–H groups in total. The number of hydrogen-bond acceptors (Lipinski definition) is 5. The number of amides is 1. The fraction of sp³-hybridized carbons (Fsp3) is 0.353. The Bertz CT molecular complexity index is 767. The molecular weight excluding hydrogens is 349 g/mol. The van der Waals surface area contributed by atoms with Crippen LogP contribution in [0.25, 0.3) is 6.08 Å². The minimum atomic E-state index is -4.50. The van der Waals surface area contributed by atoms with Crippen LogP contribution in [0.2, 0.25) is 0 Å². The number of nitrogens with zero attached hydrogens (tertiary/aromatic N) is 3. The van der Waals surface area contributed by atoms with Crippen LogP contribution in [0.4, 0.5) is 19.0 Å². The lowest BCUT2D eigenvalue weighted by Gasteiger charge is -2.33. The average molecular weight is 366 g/mol. The molecule has 26 heavy (non-hydrogen) atoms. The molecule has 2 aromatic rings. The number of alkyl halides is 3. The van der Waals surface area contributed by atoms with Gasteiger partial charge in [0.15, 0.2) is 0 Å². The van der Waals surface area contributed by atoms with Crippen LogP contribution in [0.3, 0.4) is 0 Å². The number of carbonyl (C=O) groups is 1. The number of halogens is 3. The SMILES string of the molecule is O=C(C=Cc1ccco1)NC1CCN(c2cc(C(F)(F)F)ncn2)CC1. The van der Waals surface area contributed by atoms with Gasteiger partial charge in [0.25, 0.3) is 0 Å². The zero-order chi connectivity index (χ0) is 18.6. The largest absolute Gasteiger partial charge is 0.465 e. The van der Waals surface area contributed by atoms with Crippen LogP contribution < -0.4 is 10.2 Å². The van der Waals surface area contributed by atoms with Gasteiger partial charge in [-0.3, -0.25) is 4.79 Å². The molecule has 0 saturated carbocycles. The molecule has 0 aliphatic carbocycles. The molecule has 0 radical (unpaired) electrons. The first-order chi connectivity index (χ1) is 12.4. The van der Waals surface area contributed by atoms with Crippen LogP contribution in [-0.4, -0.2) is 35.0 Å². The van der Waals surface area contributed by atoms with Crippen molar-refractivity contribution in [2.45, 2.75) is 25.1 Å². The quantitative estimate of drug-likeness (QED) is 0.843. The maximum atomic E-state index is 12.7. The van der Waals surface area contributed by atoms with E-state index in [9.17, 15) is 18.0 Å². The highest BCUT2D eigenvalue weighted by Crippen LogP contribution is 2.29. The monoisotopic (exact) mass is 366 g/mol. The van der Waals surface area contributed by atoms with Gasteiger partial charge in [0.2, 0.25) is 5.91 Å². The highest BCUT2D eigenvalue weighted by molar-refractivity contribution is 5.91. The maximum absolute atomic E-state index is 12.7. The first-order valence-corrected chi connectivity index (χ1v) is 8.08. The van der Waals surface area contributed by atoms with E-state index in [1.165, 1.54) is 12.3 Å². The smallest absolute Gasteiger partial charge is 0.433 e. The fourth-order valence-electron chi connectivity index (χ4n) is 2.72. The summed E-state index contributed by atoms with van der Waals surface area (Å²) in [5.41, 5.74) is -0.957. The highest BCUT2D eigenvalue weighted by Gasteiger charge is 2.33. The molecule has 0 spiro atoms. The van der Waals surface area contributed by atoms with Gasteiger partial charge in [-0.2, -0.15) is 13.2 Å². The van der Waals surface area contributed by atoms with Gasteiger partial charge in [0.1, 0.15) is 23.6 Å². The van der Waals surface area contributed by atoms with E-state index in [4.69, 9.17) is 4.42 Å². The predicted molar refractivity (Wildman–Crippen MR) is 88.2 cm³/mol. The Morgan fingerprint density at radius 2 is 2.08 bits per heavy atom. The molecule has 0 aromatic carbocycles. The third kappa shape index (κ3) is 4.62. The lowest BCUT2D eigenvalue weighted by Crippen LogP contribution is -2.44. The lowest BCUT2D eigenvalue weighted by atomic mass is 10.0. The third-order valence-corrected chi connectivity index (χ3v) is 4.05. The molecule has 1 amide bonds. The molecule has 3 heterocycles. The first kappa shape index (κ1) is 18.0. The summed E-state index contributed by atoms with van der Waals surface area (Å²) in [7, 11) is 0. The second-order valence-corrected chi connectivity index (χ2v) is 5.88. The van der Waals surface area contributed by atoms with Gasteiger partial charge < -0.3 is 14.6 Å². The Labute approximate surface area is 147 Å². The summed E-state index contributed by atoms with van der Waals surface area (Å²) >= 11 is 0. The molecule has 138 valence electrons. The molecule has 0 atom stereocenters. The normalized spacial score (nSPS) is 16.2. The van der Waals surface area contributed by atoms with E-state index in [1.807, 2.05) is 0 Å². The number of rotatable bonds is 4. The molecular formula is C17H17F3N4O2. The van der Waals surface area contributed by atoms with Crippen LogP contribution in [0, 0.1) is 0 Å². The van der Waals surface area contributed by atoms with E-state index < -0.39 is 11.9 Å². The van der Waals surface area contributed by atoms with Gasteiger partial charge in [-0.25, -0.2) is 9.97 Å². The van der Waals surface area contributed by atoms with Gasteiger partial charge in [-0.15, -0.1) is 0 Å². The van der Waals surface area contributed by atoms with Crippen LogP contribution in [-0.2, 0) is 11.0 Å². The van der Waals surface area contributed by atoms with Gasteiger partial charge in [0.05, 0.1) is 6.26 Å². The minimum absolute atomic E-state index is 0.0380. The number of hydrogen-bond donors (Lipinski definition) is 1. The van der Waals surface area contributed by atoms with E-state index in [0.29, 0.717) is 31.7 Å². The van der Waals surface area contributed by atoms with Crippen LogP contribution in [0.1, 0.15) is 24.3 Å². The van der Waals surface area contributed by atoms with Crippen molar-refractivity contribution in [2.24, 2.45) is 0 Å². The fourth-order valence-corrected chi connectivity index (χ4v) is 2.72. The summed E-state index contributed by atoms with van der Waals surface area (Å²) in [4.78, 5) is 20.9. The zero-order valence-electron chi connectivity index (χ0n) is 13.7. The number of furan rings is 1. The Kier molecular flexibility index (Phi) is 5.24. The Morgan fingerprint density at radius 3 is 2.73 bits per heavy atom. The van der Waals surface area contributed by atoms with Crippen molar-refractivity contribution in [1.82, 2.24) is 15.3 Å². The summed E-state index contributed by atoms with van der Waals surface area (Å²) in [6, 6.07) is 4.37. The van der Waals surface area contributed by atoms with Gasteiger partial charge in [-0.1, -0.05) is 0 Å². The molecule has 3 rings (SSSR count). The molecule has 1 fully saturated rings. The van der Waals surface area contributed by atoms with E-state index in [-0.39, 0.29) is 17.8 Å². The molecule has 9 heteroatoms. The number of anilines is 1. The number of aromatic nitrogens is 2. The standard InChI is InChI=1S/C17H17F3N4O2/c18-17(19,20)14-10-15(22-11-21-14)24-7-5-12(6-8-24)23-16(25)4-3-13-2-1-9-26-13/h1-4,9-12H,5-8H2,(H,23,25). The van der Waals surface area contributed by atoms with Crippen molar-refractivity contribution < 1.29 is 22.4 Å². The van der Waals surface area contributed by atoms with E-state index in [2.05, 4.69) is 15.3 Å². The second kappa shape index (κ2) is 7.59. The summed E-state index contributed by atoms with van der Waals surface area (Å²) in [5, 5.41) is 2.88. The summed E-state index contributed by atoms with van der Waals surface area (Å²) < 4.78 is 43.3. The van der Waals surface area contributed by atoms with Crippen molar-refractivity contribution >= 4 is 17.8 Å². The van der Waals surface area contributed by atoms with Crippen molar-refractivity contribution in [2.75, 3.05) is 18.0 Å². The molecule has 1 aliphatic heterocycles. The maximum Gasteiger partial charge on any atom is 0.433 e. The third-order valence-electron chi connectivity index (χ3n) is 4.05. The molecule has 2 aromatic heterocycles. The molecule has 0 bridgehead atoms. The van der Waals surface area contributed by atoms with Crippen LogP contribution >= 0.6 is 0 Å². The summed E-state index contributed by atoms with van der Waals surface area (Å²) in [6.07, 6.45) is 2.15. The topological polar surface area (TPSA) is 71.3 Å². The molecule has 6 nitrogen and oxygen atoms in total. The second-order valence-electron chi connectivity index (χ2n) is 5.88. The van der Waals surface area contributed by atoms with Gasteiger partial charge >= 0.3 is 6.18 Å². The Hall–Kier alpha value is -2.84. The van der Waals surface area contributed by atoms with Crippen LogP contribution in [0.5, 0.6) is 0 Å². The summed E-state index contributed by atoms with van der Waals surface area (Å²) in [5.74, 6) is 0.593. The first-order valence-electron chi connectivity index (χ1n) is 8.08. The van der Waals surface area contributed by atoms with Gasteiger partial charge in [0, 0.05) is 31.3 Å². The van der Waals surface area contributed by atoms with Crippen molar-refractivity contribution in [3.05, 3.63) is 48.3 Å². The number of piperidine rings is 1. The van der Waals surface area contributed by atoms with Crippen molar-refractivity contribution in [1.29, 1.82) is 0 Å². The zero-order valence-corrected chi connectivity index (χ0v) is 13.7. The number of nitrogens with one attached hydrogen (secondary N) is 1. The van der Waals surface area contributed by atoms with E-state index in [0.717, 1.165) is 12.4 Å². The Morgan fingerprint density at radius 1 is 1.31 bits per heavy atom. The molecule has 0 unspecified atom stereocenters. The van der Waals surface area contributed by atoms with Crippen molar-refractivity contribution in [3.63, 3.8) is 0 Å². The minimum Gasteiger partial charge on any atom is -0.465 e. The molecule has 1 aliphatic rings. The predicted octanol–water partition coefficient (Wildman–Crippen LogP) is 2.89. The molecule has 1 saturated heterocycles. The van der Waals surface area contributed by atoms with E-state index >= 15 is 0 Å². The highest BCUT2D eigenvalue weighted by atomic mass is 19.4. The van der Waals surface area contributed by atoms with Gasteiger partial charge in [-0.05, 0) is 31.1 Å².